The minimum atomic E-state index is -0.166. The smallest absolute Gasteiger partial charge is 0.258 e. The summed E-state index contributed by atoms with van der Waals surface area (Å²) in [5, 5.41) is 6.18. The van der Waals surface area contributed by atoms with E-state index in [9.17, 15) is 9.59 Å². The summed E-state index contributed by atoms with van der Waals surface area (Å²) in [6, 6.07) is 7.15. The molecule has 2 rings (SSSR count). The van der Waals surface area contributed by atoms with Gasteiger partial charge in [-0.25, -0.2) is 4.98 Å². The molecule has 0 spiro atoms. The lowest BCUT2D eigenvalue weighted by Gasteiger charge is -2.05. The number of nitrogens with zero attached hydrogens (tertiary/aromatic N) is 1. The predicted molar refractivity (Wildman–Crippen MR) is 72.8 cm³/mol. The fourth-order valence-electron chi connectivity index (χ4n) is 1.77. The molecule has 0 fully saturated rings. The molecule has 6 heteroatoms. The van der Waals surface area contributed by atoms with Crippen LogP contribution in [0.2, 0.25) is 0 Å². The number of carbonyl (C=O) groups is 1. The molecule has 0 saturated heterocycles. The van der Waals surface area contributed by atoms with Crippen LogP contribution in [0, 0.1) is 0 Å². The second-order valence-electron chi connectivity index (χ2n) is 4.09. The lowest BCUT2D eigenvalue weighted by molar-refractivity contribution is -0.120. The minimum Gasteiger partial charge on any atom is -0.355 e. The van der Waals surface area contributed by atoms with Crippen molar-refractivity contribution in [3.8, 4) is 0 Å². The van der Waals surface area contributed by atoms with Gasteiger partial charge >= 0.3 is 0 Å². The number of carbonyl (C=O) groups excluding carboxylic acids is 1. The average Bonchev–Trinajstić information content (AvgIpc) is 2.39. The normalized spacial score (nSPS) is 10.6. The third-order valence-electron chi connectivity index (χ3n) is 2.61. The van der Waals surface area contributed by atoms with Gasteiger partial charge in [0.15, 0.2) is 0 Å². The molecule has 19 heavy (non-hydrogen) atoms. The molecule has 0 atom stereocenters. The van der Waals surface area contributed by atoms with Gasteiger partial charge in [-0.1, -0.05) is 12.1 Å². The van der Waals surface area contributed by atoms with E-state index in [4.69, 9.17) is 0 Å². The third kappa shape index (κ3) is 3.38. The summed E-state index contributed by atoms with van der Waals surface area (Å²) in [4.78, 5) is 30.1. The Morgan fingerprint density at radius 1 is 1.37 bits per heavy atom. The van der Waals surface area contributed by atoms with Crippen molar-refractivity contribution in [1.82, 2.24) is 20.6 Å². The molecule has 1 aromatic heterocycles. The summed E-state index contributed by atoms with van der Waals surface area (Å²) in [7, 11) is 0. The van der Waals surface area contributed by atoms with Gasteiger partial charge in [-0.3, -0.25) is 9.59 Å². The number of H-pyrrole nitrogens is 1. The molecule has 0 saturated carbocycles. The quantitative estimate of drug-likeness (QED) is 0.714. The molecular weight excluding hydrogens is 244 g/mol. The number of aromatic nitrogens is 2. The molecule has 1 aromatic carbocycles. The van der Waals surface area contributed by atoms with Crippen LogP contribution < -0.4 is 16.2 Å². The van der Waals surface area contributed by atoms with E-state index >= 15 is 0 Å². The highest BCUT2D eigenvalue weighted by Gasteiger charge is 2.04. The topological polar surface area (TPSA) is 86.9 Å². The van der Waals surface area contributed by atoms with E-state index in [0.29, 0.717) is 29.8 Å². The van der Waals surface area contributed by atoms with Gasteiger partial charge < -0.3 is 15.6 Å². The molecule has 0 aliphatic carbocycles. The number of aromatic amines is 1. The van der Waals surface area contributed by atoms with Crippen LogP contribution in [-0.4, -0.2) is 29.0 Å². The number of rotatable bonds is 5. The number of para-hydroxylation sites is 1. The molecule has 0 aliphatic rings. The van der Waals surface area contributed by atoms with Crippen molar-refractivity contribution in [2.45, 2.75) is 13.5 Å². The molecule has 100 valence electrons. The van der Waals surface area contributed by atoms with Crippen LogP contribution in [0.1, 0.15) is 12.7 Å². The number of hydrogen-bond donors (Lipinski definition) is 3. The van der Waals surface area contributed by atoms with Crippen molar-refractivity contribution >= 4 is 16.8 Å². The highest BCUT2D eigenvalue weighted by molar-refractivity contribution is 5.78. The number of benzene rings is 1. The highest BCUT2D eigenvalue weighted by Crippen LogP contribution is 2.05. The summed E-state index contributed by atoms with van der Waals surface area (Å²) in [5.74, 6) is 0.443. The molecule has 0 unspecified atom stereocenters. The first-order valence-electron chi connectivity index (χ1n) is 6.16. The Labute approximate surface area is 110 Å². The molecule has 0 aliphatic heterocycles. The van der Waals surface area contributed by atoms with Crippen LogP contribution in [-0.2, 0) is 11.3 Å². The Morgan fingerprint density at radius 2 is 2.16 bits per heavy atom. The molecule has 0 radical (unpaired) electrons. The summed E-state index contributed by atoms with van der Waals surface area (Å²) in [6.45, 7) is 3.01. The maximum atomic E-state index is 11.8. The fourth-order valence-corrected chi connectivity index (χ4v) is 1.77. The SMILES string of the molecule is CCNC(=O)CNCc1nc2ccccc2c(=O)[nH]1. The van der Waals surface area contributed by atoms with E-state index in [1.165, 1.54) is 0 Å². The third-order valence-corrected chi connectivity index (χ3v) is 2.61. The Bertz CT molecular complexity index is 636. The van der Waals surface area contributed by atoms with E-state index in [0.717, 1.165) is 0 Å². The second kappa shape index (κ2) is 6.10. The fraction of sp³-hybridized carbons (Fsp3) is 0.308. The average molecular weight is 260 g/mol. The first-order chi connectivity index (χ1) is 9.20. The summed E-state index contributed by atoms with van der Waals surface area (Å²) < 4.78 is 0. The number of likely N-dealkylation sites (N-methyl/N-ethyl adjacent to an activating group) is 1. The van der Waals surface area contributed by atoms with E-state index in [1.54, 1.807) is 18.2 Å². The van der Waals surface area contributed by atoms with Gasteiger partial charge in [0, 0.05) is 6.54 Å². The van der Waals surface area contributed by atoms with E-state index in [-0.39, 0.29) is 18.0 Å². The van der Waals surface area contributed by atoms with Gasteiger partial charge in [-0.05, 0) is 19.1 Å². The number of fused-ring (bicyclic) bond motifs is 1. The zero-order valence-corrected chi connectivity index (χ0v) is 10.7. The molecule has 6 nitrogen and oxygen atoms in total. The molecule has 1 heterocycles. The molecular formula is C13H16N4O2. The number of nitrogens with one attached hydrogen (secondary N) is 3. The zero-order valence-electron chi connectivity index (χ0n) is 10.7. The lowest BCUT2D eigenvalue weighted by atomic mass is 10.2. The minimum absolute atomic E-state index is 0.0781. The first-order valence-corrected chi connectivity index (χ1v) is 6.16. The van der Waals surface area contributed by atoms with Crippen molar-refractivity contribution in [3.05, 3.63) is 40.4 Å². The molecule has 2 aromatic rings. The largest absolute Gasteiger partial charge is 0.355 e. The maximum Gasteiger partial charge on any atom is 0.258 e. The highest BCUT2D eigenvalue weighted by atomic mass is 16.2. The zero-order chi connectivity index (χ0) is 13.7. The monoisotopic (exact) mass is 260 g/mol. The van der Waals surface area contributed by atoms with Gasteiger partial charge in [0.05, 0.1) is 24.0 Å². The predicted octanol–water partition coefficient (Wildman–Crippen LogP) is 0.149. The Balaban J connectivity index is 2.05. The van der Waals surface area contributed by atoms with Crippen molar-refractivity contribution in [1.29, 1.82) is 0 Å². The summed E-state index contributed by atoms with van der Waals surface area (Å²) in [5.41, 5.74) is 0.487. The first kappa shape index (κ1) is 13.2. The Morgan fingerprint density at radius 3 is 2.95 bits per heavy atom. The molecule has 0 bridgehead atoms. The van der Waals surface area contributed by atoms with Crippen LogP contribution in [0.4, 0.5) is 0 Å². The standard InChI is InChI=1S/C13H16N4O2/c1-2-15-12(18)8-14-7-11-16-10-6-4-3-5-9(10)13(19)17-11/h3-6,14H,2,7-8H2,1H3,(H,15,18)(H,16,17,19). The van der Waals surface area contributed by atoms with Crippen molar-refractivity contribution in [2.75, 3.05) is 13.1 Å². The van der Waals surface area contributed by atoms with E-state index in [1.807, 2.05) is 13.0 Å². The second-order valence-corrected chi connectivity index (χ2v) is 4.09. The Kier molecular flexibility index (Phi) is 4.25. The van der Waals surface area contributed by atoms with Crippen LogP contribution in [0.3, 0.4) is 0 Å². The maximum absolute atomic E-state index is 11.8. The molecule has 3 N–H and O–H groups in total. The van der Waals surface area contributed by atoms with Gasteiger partial charge in [-0.2, -0.15) is 0 Å². The number of hydrogen-bond acceptors (Lipinski definition) is 4. The van der Waals surface area contributed by atoms with E-state index < -0.39 is 0 Å². The lowest BCUT2D eigenvalue weighted by Crippen LogP contribution is -2.34. The Hall–Kier alpha value is -2.21. The van der Waals surface area contributed by atoms with Gasteiger partial charge in [-0.15, -0.1) is 0 Å². The summed E-state index contributed by atoms with van der Waals surface area (Å²) in [6.07, 6.45) is 0. The van der Waals surface area contributed by atoms with Crippen molar-refractivity contribution in [2.24, 2.45) is 0 Å². The van der Waals surface area contributed by atoms with Gasteiger partial charge in [0.2, 0.25) is 5.91 Å². The van der Waals surface area contributed by atoms with E-state index in [2.05, 4.69) is 20.6 Å². The van der Waals surface area contributed by atoms with Crippen LogP contribution in [0.15, 0.2) is 29.1 Å². The van der Waals surface area contributed by atoms with Crippen LogP contribution >= 0.6 is 0 Å². The van der Waals surface area contributed by atoms with Crippen LogP contribution in [0.25, 0.3) is 10.9 Å². The summed E-state index contributed by atoms with van der Waals surface area (Å²) >= 11 is 0. The van der Waals surface area contributed by atoms with Crippen molar-refractivity contribution < 1.29 is 4.79 Å². The molecule has 1 amide bonds. The van der Waals surface area contributed by atoms with Crippen molar-refractivity contribution in [3.63, 3.8) is 0 Å². The van der Waals surface area contributed by atoms with Gasteiger partial charge in [0.1, 0.15) is 5.82 Å². The van der Waals surface area contributed by atoms with Gasteiger partial charge in [0.25, 0.3) is 5.56 Å². The number of amides is 1. The van der Waals surface area contributed by atoms with Crippen LogP contribution in [0.5, 0.6) is 0 Å².